The van der Waals surface area contributed by atoms with Crippen molar-refractivity contribution in [2.45, 2.75) is 53.4 Å². The molecular formula is C12H27N. The normalized spacial score (nSPS) is 16.2. The Morgan fingerprint density at radius 3 is 2.15 bits per heavy atom. The Morgan fingerprint density at radius 1 is 1.23 bits per heavy atom. The zero-order chi connectivity index (χ0) is 10.3. The molecule has 1 unspecified atom stereocenters. The molecule has 0 aromatic rings. The molecule has 13 heavy (non-hydrogen) atoms. The molecule has 80 valence electrons. The first-order chi connectivity index (χ1) is 6.13. The number of rotatable bonds is 7. The molecular weight excluding hydrogens is 158 g/mol. The number of hydrogen-bond donors (Lipinski definition) is 1. The van der Waals surface area contributed by atoms with Gasteiger partial charge in [-0.1, -0.05) is 40.5 Å². The molecule has 0 aliphatic carbocycles. The summed E-state index contributed by atoms with van der Waals surface area (Å²) in [4.78, 5) is 0. The quantitative estimate of drug-likeness (QED) is 0.640. The highest BCUT2D eigenvalue weighted by molar-refractivity contribution is 4.82. The molecule has 1 heteroatoms. The largest absolute Gasteiger partial charge is 0.319 e. The van der Waals surface area contributed by atoms with Gasteiger partial charge in [0.1, 0.15) is 0 Å². The van der Waals surface area contributed by atoms with Gasteiger partial charge in [0.25, 0.3) is 0 Å². The molecule has 1 N–H and O–H groups in total. The molecule has 0 aliphatic heterocycles. The van der Waals surface area contributed by atoms with Crippen LogP contribution in [0, 0.1) is 11.3 Å². The highest BCUT2D eigenvalue weighted by Gasteiger charge is 2.30. The van der Waals surface area contributed by atoms with Crippen molar-refractivity contribution >= 4 is 0 Å². The zero-order valence-electron chi connectivity index (χ0n) is 10.1. The summed E-state index contributed by atoms with van der Waals surface area (Å²) in [6.07, 6.45) is 5.36. The Balaban J connectivity index is 4.26. The van der Waals surface area contributed by atoms with Crippen molar-refractivity contribution in [2.24, 2.45) is 11.3 Å². The topological polar surface area (TPSA) is 12.0 Å². The van der Waals surface area contributed by atoms with E-state index in [0.717, 1.165) is 5.92 Å². The highest BCUT2D eigenvalue weighted by Crippen LogP contribution is 2.36. The van der Waals surface area contributed by atoms with Gasteiger partial charge in [0.15, 0.2) is 0 Å². The van der Waals surface area contributed by atoms with Gasteiger partial charge in [-0.25, -0.2) is 0 Å². The molecule has 0 spiro atoms. The monoisotopic (exact) mass is 185 g/mol. The van der Waals surface area contributed by atoms with Crippen LogP contribution in [0.25, 0.3) is 0 Å². The van der Waals surface area contributed by atoms with Gasteiger partial charge in [0, 0.05) is 6.54 Å². The summed E-state index contributed by atoms with van der Waals surface area (Å²) in [6, 6.07) is 0. The predicted molar refractivity (Wildman–Crippen MR) is 61.0 cm³/mol. The van der Waals surface area contributed by atoms with Gasteiger partial charge in [-0.15, -0.1) is 0 Å². The third-order valence-corrected chi connectivity index (χ3v) is 3.49. The maximum absolute atomic E-state index is 3.35. The van der Waals surface area contributed by atoms with Crippen LogP contribution in [-0.2, 0) is 0 Å². The van der Waals surface area contributed by atoms with Crippen molar-refractivity contribution in [1.29, 1.82) is 0 Å². The van der Waals surface area contributed by atoms with Gasteiger partial charge in [0.2, 0.25) is 0 Å². The third-order valence-electron chi connectivity index (χ3n) is 3.49. The molecule has 0 saturated heterocycles. The lowest BCUT2D eigenvalue weighted by molar-refractivity contribution is 0.155. The van der Waals surface area contributed by atoms with Gasteiger partial charge in [-0.2, -0.15) is 0 Å². The lowest BCUT2D eigenvalue weighted by Gasteiger charge is -2.37. The summed E-state index contributed by atoms with van der Waals surface area (Å²) in [6.45, 7) is 10.5. The van der Waals surface area contributed by atoms with E-state index >= 15 is 0 Å². The van der Waals surface area contributed by atoms with Crippen LogP contribution in [0.15, 0.2) is 0 Å². The van der Waals surface area contributed by atoms with E-state index in [1.54, 1.807) is 0 Å². The van der Waals surface area contributed by atoms with Gasteiger partial charge < -0.3 is 5.32 Å². The minimum Gasteiger partial charge on any atom is -0.319 e. The SMILES string of the molecule is CCCCC(CC)(CNC)C(C)C. The maximum Gasteiger partial charge on any atom is 0.000715 e. The Labute approximate surface area is 84.3 Å². The highest BCUT2D eigenvalue weighted by atomic mass is 14.8. The van der Waals surface area contributed by atoms with E-state index in [9.17, 15) is 0 Å². The molecule has 0 aromatic carbocycles. The van der Waals surface area contributed by atoms with Gasteiger partial charge in [-0.3, -0.25) is 0 Å². The maximum atomic E-state index is 3.35. The molecule has 0 bridgehead atoms. The average molecular weight is 185 g/mol. The van der Waals surface area contributed by atoms with Crippen molar-refractivity contribution in [3.8, 4) is 0 Å². The lowest BCUT2D eigenvalue weighted by Crippen LogP contribution is -2.36. The van der Waals surface area contributed by atoms with Crippen LogP contribution in [-0.4, -0.2) is 13.6 Å². The van der Waals surface area contributed by atoms with Crippen molar-refractivity contribution in [2.75, 3.05) is 13.6 Å². The first-order valence-electron chi connectivity index (χ1n) is 5.77. The van der Waals surface area contributed by atoms with Gasteiger partial charge in [-0.05, 0) is 31.2 Å². The van der Waals surface area contributed by atoms with E-state index in [1.807, 2.05) is 0 Å². The second-order valence-corrected chi connectivity index (χ2v) is 4.50. The van der Waals surface area contributed by atoms with Crippen LogP contribution in [0.2, 0.25) is 0 Å². The first-order valence-corrected chi connectivity index (χ1v) is 5.77. The van der Waals surface area contributed by atoms with Crippen LogP contribution in [0.4, 0.5) is 0 Å². The van der Waals surface area contributed by atoms with Gasteiger partial charge >= 0.3 is 0 Å². The molecule has 0 amide bonds. The summed E-state index contributed by atoms with van der Waals surface area (Å²) in [5.74, 6) is 0.788. The van der Waals surface area contributed by atoms with E-state index < -0.39 is 0 Å². The molecule has 0 aliphatic rings. The van der Waals surface area contributed by atoms with E-state index in [2.05, 4.69) is 40.1 Å². The second kappa shape index (κ2) is 6.42. The Bertz CT molecular complexity index is 120. The van der Waals surface area contributed by atoms with Crippen molar-refractivity contribution in [3.05, 3.63) is 0 Å². The van der Waals surface area contributed by atoms with E-state index in [4.69, 9.17) is 0 Å². The molecule has 0 aromatic heterocycles. The second-order valence-electron chi connectivity index (χ2n) is 4.50. The summed E-state index contributed by atoms with van der Waals surface area (Å²) >= 11 is 0. The van der Waals surface area contributed by atoms with Crippen molar-refractivity contribution < 1.29 is 0 Å². The molecule has 0 saturated carbocycles. The fourth-order valence-electron chi connectivity index (χ4n) is 2.17. The van der Waals surface area contributed by atoms with Crippen LogP contribution in [0.1, 0.15) is 53.4 Å². The summed E-state index contributed by atoms with van der Waals surface area (Å²) in [5.41, 5.74) is 0.532. The van der Waals surface area contributed by atoms with Crippen molar-refractivity contribution in [1.82, 2.24) is 5.32 Å². The Hall–Kier alpha value is -0.0400. The molecule has 0 fully saturated rings. The number of hydrogen-bond acceptors (Lipinski definition) is 1. The fraction of sp³-hybridized carbons (Fsp3) is 1.00. The fourth-order valence-corrected chi connectivity index (χ4v) is 2.17. The minimum absolute atomic E-state index is 0.532. The molecule has 1 nitrogen and oxygen atoms in total. The summed E-state index contributed by atoms with van der Waals surface area (Å²) in [7, 11) is 2.07. The van der Waals surface area contributed by atoms with Gasteiger partial charge in [0.05, 0.1) is 0 Å². The number of unbranched alkanes of at least 4 members (excludes halogenated alkanes) is 1. The summed E-state index contributed by atoms with van der Waals surface area (Å²) < 4.78 is 0. The molecule has 0 rings (SSSR count). The zero-order valence-corrected chi connectivity index (χ0v) is 10.1. The van der Waals surface area contributed by atoms with E-state index in [-0.39, 0.29) is 0 Å². The van der Waals surface area contributed by atoms with Crippen LogP contribution in [0.3, 0.4) is 0 Å². The molecule has 0 heterocycles. The third kappa shape index (κ3) is 3.68. The van der Waals surface area contributed by atoms with E-state index in [1.165, 1.54) is 32.2 Å². The number of nitrogens with one attached hydrogen (secondary N) is 1. The minimum atomic E-state index is 0.532. The molecule has 1 atom stereocenters. The summed E-state index contributed by atoms with van der Waals surface area (Å²) in [5, 5.41) is 3.35. The Kier molecular flexibility index (Phi) is 6.40. The van der Waals surface area contributed by atoms with Crippen LogP contribution < -0.4 is 5.32 Å². The molecule has 0 radical (unpaired) electrons. The standard InChI is InChI=1S/C12H27N/c1-6-8-9-12(7-2,10-13-5)11(3)4/h11,13H,6-10H2,1-5H3. The van der Waals surface area contributed by atoms with Crippen molar-refractivity contribution in [3.63, 3.8) is 0 Å². The van der Waals surface area contributed by atoms with Crippen LogP contribution in [0.5, 0.6) is 0 Å². The average Bonchev–Trinajstić information content (AvgIpc) is 2.12. The van der Waals surface area contributed by atoms with Crippen LogP contribution >= 0.6 is 0 Å². The Morgan fingerprint density at radius 2 is 1.85 bits per heavy atom. The lowest BCUT2D eigenvalue weighted by atomic mass is 9.71. The van der Waals surface area contributed by atoms with E-state index in [0.29, 0.717) is 5.41 Å². The predicted octanol–water partition coefficient (Wildman–Crippen LogP) is 3.45. The smallest absolute Gasteiger partial charge is 0.000715 e. The first kappa shape index (κ1) is 13.0.